The number of hydrogen-bond acceptors (Lipinski definition) is 2. The molecule has 0 unspecified atom stereocenters. The van der Waals surface area contributed by atoms with Gasteiger partial charge in [0.05, 0.1) is 11.4 Å². The van der Waals surface area contributed by atoms with Crippen molar-refractivity contribution < 1.29 is 4.39 Å². The Morgan fingerprint density at radius 1 is 1.24 bits per heavy atom. The molecule has 90 valence electrons. The van der Waals surface area contributed by atoms with Gasteiger partial charge in [-0.1, -0.05) is 0 Å². The van der Waals surface area contributed by atoms with Gasteiger partial charge in [-0.3, -0.25) is 0 Å². The zero-order valence-corrected chi connectivity index (χ0v) is 10.3. The largest absolute Gasteiger partial charge is 0.326 e. The Morgan fingerprint density at radius 2 is 1.94 bits per heavy atom. The Bertz CT molecular complexity index is 558. The number of rotatable bonds is 2. The van der Waals surface area contributed by atoms with Crippen molar-refractivity contribution >= 4 is 0 Å². The second kappa shape index (κ2) is 4.30. The fourth-order valence-electron chi connectivity index (χ4n) is 1.85. The fraction of sp³-hybridized carbons (Fsp3) is 0.308. The van der Waals surface area contributed by atoms with Crippen LogP contribution in [0.3, 0.4) is 0 Å². The molecule has 3 nitrogen and oxygen atoms in total. The Labute approximate surface area is 100 Å². The molecule has 2 rings (SSSR count). The second-order valence-corrected chi connectivity index (χ2v) is 4.23. The molecule has 0 spiro atoms. The molecular formula is C13H16FN3. The third-order valence-corrected chi connectivity index (χ3v) is 3.08. The first-order valence-corrected chi connectivity index (χ1v) is 5.55. The molecular weight excluding hydrogens is 217 g/mol. The minimum atomic E-state index is -0.284. The summed E-state index contributed by atoms with van der Waals surface area (Å²) >= 11 is 0. The topological polar surface area (TPSA) is 43.8 Å². The Hall–Kier alpha value is -1.68. The van der Waals surface area contributed by atoms with E-state index in [1.165, 1.54) is 12.1 Å². The predicted molar refractivity (Wildman–Crippen MR) is 65.6 cm³/mol. The zero-order chi connectivity index (χ0) is 12.6. The summed E-state index contributed by atoms with van der Waals surface area (Å²) in [4.78, 5) is 0. The van der Waals surface area contributed by atoms with Gasteiger partial charge in [0.2, 0.25) is 0 Å². The van der Waals surface area contributed by atoms with E-state index in [1.54, 1.807) is 4.68 Å². The Morgan fingerprint density at radius 3 is 2.47 bits per heavy atom. The molecule has 2 N–H and O–H groups in total. The average Bonchev–Trinajstić information content (AvgIpc) is 2.56. The summed E-state index contributed by atoms with van der Waals surface area (Å²) in [5.41, 5.74) is 10.1. The van der Waals surface area contributed by atoms with Crippen LogP contribution < -0.4 is 5.73 Å². The molecule has 0 fully saturated rings. The summed E-state index contributed by atoms with van der Waals surface area (Å²) in [5, 5.41) is 4.41. The monoisotopic (exact) mass is 233 g/mol. The van der Waals surface area contributed by atoms with Crippen LogP contribution in [0.15, 0.2) is 18.2 Å². The second-order valence-electron chi connectivity index (χ2n) is 4.23. The fourth-order valence-corrected chi connectivity index (χ4v) is 1.85. The third-order valence-electron chi connectivity index (χ3n) is 3.08. The van der Waals surface area contributed by atoms with E-state index in [1.807, 2.05) is 26.8 Å². The zero-order valence-electron chi connectivity index (χ0n) is 10.3. The number of nitrogens with two attached hydrogens (primary N) is 1. The summed E-state index contributed by atoms with van der Waals surface area (Å²) in [6.45, 7) is 6.25. The number of aryl methyl sites for hydroxylation is 1. The van der Waals surface area contributed by atoms with Crippen LogP contribution in [0.25, 0.3) is 5.69 Å². The number of hydrogen-bond donors (Lipinski definition) is 1. The summed E-state index contributed by atoms with van der Waals surface area (Å²) < 4.78 is 15.2. The normalized spacial score (nSPS) is 10.9. The lowest BCUT2D eigenvalue weighted by Gasteiger charge is -2.07. The Balaban J connectivity index is 2.59. The predicted octanol–water partition coefficient (Wildman–Crippen LogP) is 2.40. The highest BCUT2D eigenvalue weighted by Gasteiger charge is 2.10. The number of benzene rings is 1. The van der Waals surface area contributed by atoms with Crippen LogP contribution in [0, 0.1) is 26.6 Å². The lowest BCUT2D eigenvalue weighted by atomic mass is 10.2. The smallest absolute Gasteiger partial charge is 0.125 e. The maximum absolute atomic E-state index is 13.4. The molecule has 0 bridgehead atoms. The van der Waals surface area contributed by atoms with Gasteiger partial charge < -0.3 is 5.73 Å². The molecule has 4 heteroatoms. The first kappa shape index (κ1) is 11.8. The molecule has 0 saturated heterocycles. The standard InChI is InChI=1S/C13H16FN3/c1-8-9(2)16-17(10(8)3)13-5-11(7-15)4-12(14)6-13/h4-6H,7,15H2,1-3H3. The average molecular weight is 233 g/mol. The van der Waals surface area contributed by atoms with Gasteiger partial charge in [-0.15, -0.1) is 0 Å². The number of nitrogens with zero attached hydrogens (tertiary/aromatic N) is 2. The molecule has 1 aromatic carbocycles. The molecule has 1 aromatic heterocycles. The summed E-state index contributed by atoms with van der Waals surface area (Å²) in [6.07, 6.45) is 0. The molecule has 0 amide bonds. The summed E-state index contributed by atoms with van der Waals surface area (Å²) in [6, 6.07) is 4.78. The summed E-state index contributed by atoms with van der Waals surface area (Å²) in [7, 11) is 0. The van der Waals surface area contributed by atoms with Crippen LogP contribution in [-0.4, -0.2) is 9.78 Å². The quantitative estimate of drug-likeness (QED) is 0.865. The van der Waals surface area contributed by atoms with Crippen molar-refractivity contribution in [2.75, 3.05) is 0 Å². The molecule has 2 aromatic rings. The molecule has 0 radical (unpaired) electrons. The lowest BCUT2D eigenvalue weighted by Crippen LogP contribution is -2.03. The van der Waals surface area contributed by atoms with E-state index in [9.17, 15) is 4.39 Å². The van der Waals surface area contributed by atoms with E-state index in [2.05, 4.69) is 5.10 Å². The van der Waals surface area contributed by atoms with Gasteiger partial charge in [0.15, 0.2) is 0 Å². The first-order chi connectivity index (χ1) is 8.02. The maximum atomic E-state index is 13.4. The van der Waals surface area contributed by atoms with Crippen molar-refractivity contribution in [1.82, 2.24) is 9.78 Å². The van der Waals surface area contributed by atoms with Gasteiger partial charge in [-0.25, -0.2) is 9.07 Å². The van der Waals surface area contributed by atoms with Gasteiger partial charge in [-0.2, -0.15) is 5.10 Å². The van der Waals surface area contributed by atoms with E-state index in [0.29, 0.717) is 6.54 Å². The SMILES string of the molecule is Cc1nn(-c2cc(F)cc(CN)c2)c(C)c1C. The van der Waals surface area contributed by atoms with Gasteiger partial charge in [-0.05, 0) is 50.1 Å². The number of halogens is 1. The van der Waals surface area contributed by atoms with Crippen LogP contribution in [-0.2, 0) is 6.54 Å². The van der Waals surface area contributed by atoms with Crippen LogP contribution in [0.1, 0.15) is 22.5 Å². The van der Waals surface area contributed by atoms with Gasteiger partial charge in [0.1, 0.15) is 5.82 Å². The van der Waals surface area contributed by atoms with E-state index >= 15 is 0 Å². The molecule has 0 aliphatic rings. The van der Waals surface area contributed by atoms with Gasteiger partial charge in [0, 0.05) is 12.2 Å². The van der Waals surface area contributed by atoms with Crippen LogP contribution >= 0.6 is 0 Å². The highest BCUT2D eigenvalue weighted by Crippen LogP contribution is 2.18. The summed E-state index contributed by atoms with van der Waals surface area (Å²) in [5.74, 6) is -0.284. The van der Waals surface area contributed by atoms with Crippen molar-refractivity contribution in [3.8, 4) is 5.69 Å². The van der Waals surface area contributed by atoms with Crippen molar-refractivity contribution in [2.24, 2.45) is 5.73 Å². The minimum Gasteiger partial charge on any atom is -0.326 e. The molecule has 0 saturated carbocycles. The first-order valence-electron chi connectivity index (χ1n) is 5.55. The van der Waals surface area contributed by atoms with E-state index in [0.717, 1.165) is 28.2 Å². The third kappa shape index (κ3) is 2.08. The van der Waals surface area contributed by atoms with Gasteiger partial charge in [0.25, 0.3) is 0 Å². The minimum absolute atomic E-state index is 0.284. The maximum Gasteiger partial charge on any atom is 0.125 e. The van der Waals surface area contributed by atoms with Crippen LogP contribution in [0.5, 0.6) is 0 Å². The number of aromatic nitrogens is 2. The van der Waals surface area contributed by atoms with Crippen molar-refractivity contribution in [1.29, 1.82) is 0 Å². The van der Waals surface area contributed by atoms with Crippen molar-refractivity contribution in [3.63, 3.8) is 0 Å². The van der Waals surface area contributed by atoms with E-state index < -0.39 is 0 Å². The van der Waals surface area contributed by atoms with E-state index in [4.69, 9.17) is 5.73 Å². The molecule has 0 aliphatic heterocycles. The molecule has 0 atom stereocenters. The molecule has 0 aliphatic carbocycles. The Kier molecular flexibility index (Phi) is 2.98. The van der Waals surface area contributed by atoms with Crippen molar-refractivity contribution in [3.05, 3.63) is 46.5 Å². The lowest BCUT2D eigenvalue weighted by molar-refractivity contribution is 0.622. The van der Waals surface area contributed by atoms with Crippen molar-refractivity contribution in [2.45, 2.75) is 27.3 Å². The van der Waals surface area contributed by atoms with Crippen LogP contribution in [0.4, 0.5) is 4.39 Å². The highest BCUT2D eigenvalue weighted by molar-refractivity contribution is 5.39. The van der Waals surface area contributed by atoms with Gasteiger partial charge >= 0.3 is 0 Å². The molecule has 1 heterocycles. The van der Waals surface area contributed by atoms with Crippen LogP contribution in [0.2, 0.25) is 0 Å². The molecule has 17 heavy (non-hydrogen) atoms. The van der Waals surface area contributed by atoms with E-state index in [-0.39, 0.29) is 5.82 Å². The highest BCUT2D eigenvalue weighted by atomic mass is 19.1.